The zero-order valence-corrected chi connectivity index (χ0v) is 15.8. The predicted molar refractivity (Wildman–Crippen MR) is 101 cm³/mol. The van der Waals surface area contributed by atoms with E-state index in [1.165, 1.54) is 11.3 Å². The number of rotatable bonds is 7. The third-order valence-electron chi connectivity index (χ3n) is 4.09. The standard InChI is InChI=1S/C18H19N3O6S/c1-28(25,26)20-13-5-2-4-12(10-13)14-11-15(16-6-3-9-27-16)21(19-14)17(22)7-8-18(23)24/h2-6,9-10,15,20H,7-8,11H2,1H3,(H,23,24)/t15-/m1/s1. The van der Waals surface area contributed by atoms with Crippen LogP contribution in [0.15, 0.2) is 52.2 Å². The number of furan rings is 1. The second kappa shape index (κ2) is 7.85. The van der Waals surface area contributed by atoms with Gasteiger partial charge in [0.05, 0.1) is 24.7 Å². The van der Waals surface area contributed by atoms with E-state index in [1.54, 1.807) is 36.4 Å². The van der Waals surface area contributed by atoms with Crippen LogP contribution in [0.25, 0.3) is 0 Å². The van der Waals surface area contributed by atoms with E-state index in [0.29, 0.717) is 29.1 Å². The van der Waals surface area contributed by atoms with E-state index in [-0.39, 0.29) is 12.8 Å². The lowest BCUT2D eigenvalue weighted by molar-refractivity contribution is -0.141. The Morgan fingerprint density at radius 3 is 2.71 bits per heavy atom. The van der Waals surface area contributed by atoms with Crippen molar-refractivity contribution in [2.75, 3.05) is 11.0 Å². The molecule has 2 aromatic rings. The molecule has 10 heteroatoms. The van der Waals surface area contributed by atoms with Gasteiger partial charge in [0.2, 0.25) is 15.9 Å². The van der Waals surface area contributed by atoms with Gasteiger partial charge in [0.1, 0.15) is 11.8 Å². The van der Waals surface area contributed by atoms with E-state index in [0.717, 1.165) is 6.26 Å². The molecule has 2 heterocycles. The minimum Gasteiger partial charge on any atom is -0.481 e. The number of hydrogen-bond donors (Lipinski definition) is 2. The highest BCUT2D eigenvalue weighted by Gasteiger charge is 2.34. The quantitative estimate of drug-likeness (QED) is 0.726. The summed E-state index contributed by atoms with van der Waals surface area (Å²) in [5.74, 6) is -0.956. The molecule has 1 atom stereocenters. The summed E-state index contributed by atoms with van der Waals surface area (Å²) in [6.45, 7) is 0. The van der Waals surface area contributed by atoms with Gasteiger partial charge in [0.15, 0.2) is 0 Å². The van der Waals surface area contributed by atoms with Crippen LogP contribution in [0, 0.1) is 0 Å². The monoisotopic (exact) mass is 405 g/mol. The number of carbonyl (C=O) groups excluding carboxylic acids is 1. The molecule has 148 valence electrons. The Kier molecular flexibility index (Phi) is 5.50. The van der Waals surface area contributed by atoms with Gasteiger partial charge in [-0.15, -0.1) is 0 Å². The van der Waals surface area contributed by atoms with Gasteiger partial charge in [-0.3, -0.25) is 14.3 Å². The van der Waals surface area contributed by atoms with Crippen molar-refractivity contribution in [3.8, 4) is 0 Å². The molecule has 1 aromatic carbocycles. The van der Waals surface area contributed by atoms with Crippen LogP contribution < -0.4 is 4.72 Å². The van der Waals surface area contributed by atoms with Crippen LogP contribution in [0.1, 0.15) is 36.6 Å². The van der Waals surface area contributed by atoms with Crippen molar-refractivity contribution in [3.63, 3.8) is 0 Å². The Morgan fingerprint density at radius 2 is 2.07 bits per heavy atom. The van der Waals surface area contributed by atoms with Crippen LogP contribution in [0.5, 0.6) is 0 Å². The molecule has 28 heavy (non-hydrogen) atoms. The number of hydrogen-bond acceptors (Lipinski definition) is 6. The van der Waals surface area contributed by atoms with Gasteiger partial charge in [-0.1, -0.05) is 12.1 Å². The number of carbonyl (C=O) groups is 2. The van der Waals surface area contributed by atoms with Gasteiger partial charge in [-0.25, -0.2) is 13.4 Å². The molecule has 2 N–H and O–H groups in total. The molecule has 1 amide bonds. The van der Waals surface area contributed by atoms with Crippen molar-refractivity contribution in [2.45, 2.75) is 25.3 Å². The lowest BCUT2D eigenvalue weighted by atomic mass is 10.0. The van der Waals surface area contributed by atoms with Crippen molar-refractivity contribution < 1.29 is 27.5 Å². The van der Waals surface area contributed by atoms with Crippen molar-refractivity contribution in [1.29, 1.82) is 0 Å². The van der Waals surface area contributed by atoms with Crippen LogP contribution in [-0.4, -0.2) is 42.4 Å². The predicted octanol–water partition coefficient (Wildman–Crippen LogP) is 2.19. The average molecular weight is 405 g/mol. The molecule has 0 aliphatic carbocycles. The number of amides is 1. The van der Waals surface area contributed by atoms with Gasteiger partial charge >= 0.3 is 5.97 Å². The number of carboxylic acids is 1. The van der Waals surface area contributed by atoms with E-state index in [9.17, 15) is 18.0 Å². The average Bonchev–Trinajstić information content (AvgIpc) is 3.27. The molecule has 0 fully saturated rings. The summed E-state index contributed by atoms with van der Waals surface area (Å²) in [5, 5.41) is 14.5. The van der Waals surface area contributed by atoms with E-state index >= 15 is 0 Å². The number of hydrazone groups is 1. The largest absolute Gasteiger partial charge is 0.481 e. The van der Waals surface area contributed by atoms with Gasteiger partial charge in [0, 0.05) is 18.5 Å². The number of nitrogens with zero attached hydrogens (tertiary/aromatic N) is 2. The minimum absolute atomic E-state index is 0.182. The molecular weight excluding hydrogens is 386 g/mol. The Labute approximate surface area is 161 Å². The van der Waals surface area contributed by atoms with Gasteiger partial charge in [-0.2, -0.15) is 5.10 Å². The highest BCUT2D eigenvalue weighted by Crippen LogP contribution is 2.34. The van der Waals surface area contributed by atoms with Crippen LogP contribution in [0.3, 0.4) is 0 Å². The summed E-state index contributed by atoms with van der Waals surface area (Å²) in [6.07, 6.45) is 2.43. The maximum atomic E-state index is 12.5. The van der Waals surface area contributed by atoms with Gasteiger partial charge < -0.3 is 9.52 Å². The number of nitrogens with one attached hydrogen (secondary N) is 1. The summed E-state index contributed by atoms with van der Waals surface area (Å²) in [6, 6.07) is 9.62. The Balaban J connectivity index is 1.89. The number of sulfonamides is 1. The van der Waals surface area contributed by atoms with E-state index < -0.39 is 27.9 Å². The highest BCUT2D eigenvalue weighted by molar-refractivity contribution is 7.92. The molecule has 1 aliphatic rings. The summed E-state index contributed by atoms with van der Waals surface area (Å²) in [5.41, 5.74) is 1.61. The van der Waals surface area contributed by atoms with Crippen LogP contribution in [0.4, 0.5) is 5.69 Å². The molecule has 3 rings (SSSR count). The number of carboxylic acid groups (broad SMARTS) is 1. The normalized spacial score (nSPS) is 16.7. The molecule has 1 aliphatic heterocycles. The highest BCUT2D eigenvalue weighted by atomic mass is 32.2. The molecule has 0 radical (unpaired) electrons. The SMILES string of the molecule is CS(=O)(=O)Nc1cccc(C2=NN(C(=O)CCC(=O)O)[C@@H](c3ccco3)C2)c1. The first-order valence-electron chi connectivity index (χ1n) is 8.46. The van der Waals surface area contributed by atoms with Crippen LogP contribution in [0.2, 0.25) is 0 Å². The maximum absolute atomic E-state index is 12.5. The van der Waals surface area contributed by atoms with Crippen molar-refractivity contribution in [2.24, 2.45) is 5.10 Å². The van der Waals surface area contributed by atoms with E-state index in [4.69, 9.17) is 9.52 Å². The minimum atomic E-state index is -3.43. The summed E-state index contributed by atoms with van der Waals surface area (Å²) in [7, 11) is -3.43. The Bertz CT molecular complexity index is 1010. The fraction of sp³-hybridized carbons (Fsp3) is 0.278. The third-order valence-corrected chi connectivity index (χ3v) is 4.70. The lowest BCUT2D eigenvalue weighted by Gasteiger charge is -2.19. The molecule has 0 spiro atoms. The molecule has 0 unspecified atom stereocenters. The molecule has 1 aromatic heterocycles. The van der Waals surface area contributed by atoms with Crippen molar-refractivity contribution >= 4 is 33.3 Å². The number of anilines is 1. The summed E-state index contributed by atoms with van der Waals surface area (Å²) < 4.78 is 30.7. The van der Waals surface area contributed by atoms with Crippen LogP contribution >= 0.6 is 0 Å². The number of benzene rings is 1. The van der Waals surface area contributed by atoms with Gasteiger partial charge in [0.25, 0.3) is 0 Å². The maximum Gasteiger partial charge on any atom is 0.303 e. The second-order valence-electron chi connectivity index (χ2n) is 6.37. The lowest BCUT2D eigenvalue weighted by Crippen LogP contribution is -2.27. The van der Waals surface area contributed by atoms with Crippen LogP contribution in [-0.2, 0) is 19.6 Å². The first kappa shape index (κ1) is 19.6. The summed E-state index contributed by atoms with van der Waals surface area (Å²) in [4.78, 5) is 23.3. The smallest absolute Gasteiger partial charge is 0.303 e. The first-order valence-corrected chi connectivity index (χ1v) is 10.3. The van der Waals surface area contributed by atoms with Gasteiger partial charge in [-0.05, 0) is 29.8 Å². The first-order chi connectivity index (χ1) is 13.2. The molecular formula is C18H19N3O6S. The zero-order valence-electron chi connectivity index (χ0n) is 15.0. The molecule has 0 saturated carbocycles. The molecule has 0 bridgehead atoms. The molecule has 9 nitrogen and oxygen atoms in total. The third kappa shape index (κ3) is 4.77. The second-order valence-corrected chi connectivity index (χ2v) is 8.12. The zero-order chi connectivity index (χ0) is 20.3. The Morgan fingerprint density at radius 1 is 1.29 bits per heavy atom. The number of aliphatic carboxylic acids is 1. The fourth-order valence-corrected chi connectivity index (χ4v) is 3.48. The summed E-state index contributed by atoms with van der Waals surface area (Å²) >= 11 is 0. The Hall–Kier alpha value is -3.14. The van der Waals surface area contributed by atoms with Crippen molar-refractivity contribution in [3.05, 3.63) is 54.0 Å². The van der Waals surface area contributed by atoms with E-state index in [2.05, 4.69) is 9.82 Å². The fourth-order valence-electron chi connectivity index (χ4n) is 2.92. The topological polar surface area (TPSA) is 129 Å². The van der Waals surface area contributed by atoms with Crippen molar-refractivity contribution in [1.82, 2.24) is 5.01 Å². The van der Waals surface area contributed by atoms with E-state index in [1.807, 2.05) is 0 Å². The molecule has 0 saturated heterocycles.